The van der Waals surface area contributed by atoms with Crippen LogP contribution >= 0.6 is 0 Å². The Labute approximate surface area is 228 Å². The first-order valence-corrected chi connectivity index (χ1v) is 13.8. The maximum Gasteiger partial charge on any atom is 0.331 e. The van der Waals surface area contributed by atoms with Crippen LogP contribution in [0.2, 0.25) is 0 Å². The van der Waals surface area contributed by atoms with E-state index in [0.717, 1.165) is 5.56 Å². The molecule has 39 heavy (non-hydrogen) atoms. The SMILES string of the molecule is C=C1C(=O)[C@]23[C@H](OC(=O)C=Cc4ccccc4)[C@H]1CC[C@H]2[C@@]12CO[C@@]3(O)[C@@H](O)[C@@H]1C(C)(C)CCC2OC(C)=O. The van der Waals surface area contributed by atoms with Crippen molar-refractivity contribution in [3.63, 3.8) is 0 Å². The molecule has 4 bridgehead atoms. The molecule has 0 amide bonds. The summed E-state index contributed by atoms with van der Waals surface area (Å²) in [6, 6.07) is 9.28. The largest absolute Gasteiger partial charge is 0.462 e. The fourth-order valence-corrected chi connectivity index (χ4v) is 9.28. The molecule has 9 atom stereocenters. The standard InChI is InChI=1S/C31H36O8/c1-17-20-11-12-21-29-16-37-31(36,26(35)24(29)28(3,4)15-14-22(29)38-18(2)32)30(21,25(17)34)27(20)39-23(33)13-10-19-8-6-5-7-9-19/h5-10,13,20-22,24,26-27,35-36H,1,11-12,14-16H2,2-4H3/t20-,21-,22?,24+,26-,27+,29+,30-,31-/m0/s1. The summed E-state index contributed by atoms with van der Waals surface area (Å²) in [4.78, 5) is 39.7. The van der Waals surface area contributed by atoms with E-state index in [1.807, 2.05) is 44.2 Å². The highest BCUT2D eigenvalue weighted by Gasteiger charge is 2.88. The second-order valence-electron chi connectivity index (χ2n) is 12.7. The van der Waals surface area contributed by atoms with Gasteiger partial charge in [-0.2, -0.15) is 0 Å². The van der Waals surface area contributed by atoms with Crippen molar-refractivity contribution in [2.24, 2.45) is 34.0 Å². The number of benzene rings is 1. The molecule has 0 radical (unpaired) electrons. The van der Waals surface area contributed by atoms with Crippen molar-refractivity contribution in [2.45, 2.75) is 70.6 Å². The Bertz CT molecular complexity index is 1270. The molecular weight excluding hydrogens is 500 g/mol. The molecule has 4 saturated carbocycles. The van der Waals surface area contributed by atoms with Crippen LogP contribution in [0.15, 0.2) is 48.6 Å². The third kappa shape index (κ3) is 3.25. The van der Waals surface area contributed by atoms with Crippen molar-refractivity contribution in [3.8, 4) is 0 Å². The lowest BCUT2D eigenvalue weighted by Crippen LogP contribution is -2.86. The molecule has 8 nitrogen and oxygen atoms in total. The molecule has 7 rings (SSSR count). The summed E-state index contributed by atoms with van der Waals surface area (Å²) in [6.07, 6.45) is 2.00. The molecule has 1 aromatic rings. The lowest BCUT2D eigenvalue weighted by atomic mass is 9.35. The molecule has 2 heterocycles. The molecular formula is C31H36O8. The van der Waals surface area contributed by atoms with Crippen LogP contribution in [0.4, 0.5) is 0 Å². The van der Waals surface area contributed by atoms with E-state index in [9.17, 15) is 24.6 Å². The third-order valence-electron chi connectivity index (χ3n) is 10.6. The monoisotopic (exact) mass is 536 g/mol. The van der Waals surface area contributed by atoms with E-state index >= 15 is 0 Å². The highest BCUT2D eigenvalue weighted by Crippen LogP contribution is 2.77. The zero-order valence-corrected chi connectivity index (χ0v) is 22.6. The van der Waals surface area contributed by atoms with Crippen molar-refractivity contribution < 1.29 is 38.8 Å². The lowest BCUT2D eigenvalue weighted by Gasteiger charge is -2.74. The van der Waals surface area contributed by atoms with Crippen LogP contribution < -0.4 is 0 Å². The zero-order valence-electron chi connectivity index (χ0n) is 22.6. The van der Waals surface area contributed by atoms with Crippen LogP contribution in [0, 0.1) is 34.0 Å². The van der Waals surface area contributed by atoms with Crippen molar-refractivity contribution in [1.29, 1.82) is 0 Å². The number of aliphatic hydroxyl groups excluding tert-OH is 1. The Morgan fingerprint density at radius 2 is 1.85 bits per heavy atom. The molecule has 2 N–H and O–H groups in total. The van der Waals surface area contributed by atoms with Gasteiger partial charge in [0.15, 0.2) is 5.78 Å². The second-order valence-corrected chi connectivity index (χ2v) is 12.7. The number of ether oxygens (including phenoxy) is 3. The number of carbonyl (C=O) groups is 3. The Morgan fingerprint density at radius 3 is 2.54 bits per heavy atom. The van der Waals surface area contributed by atoms with Gasteiger partial charge in [-0.1, -0.05) is 50.8 Å². The fraction of sp³-hybridized carbons (Fsp3) is 0.581. The highest BCUT2D eigenvalue weighted by atomic mass is 16.7. The first-order chi connectivity index (χ1) is 18.4. The Balaban J connectivity index is 1.48. The van der Waals surface area contributed by atoms with Crippen LogP contribution in [-0.2, 0) is 28.6 Å². The number of Topliss-reactive ketones (excluding diaryl/α,β-unsaturated/α-hetero) is 1. The maximum atomic E-state index is 14.2. The van der Waals surface area contributed by atoms with Crippen molar-refractivity contribution in [2.75, 3.05) is 6.61 Å². The van der Waals surface area contributed by atoms with Crippen molar-refractivity contribution in [3.05, 3.63) is 54.1 Å². The van der Waals surface area contributed by atoms with E-state index in [-0.39, 0.29) is 12.2 Å². The molecule has 0 aromatic heterocycles. The molecule has 4 aliphatic carbocycles. The van der Waals surface area contributed by atoms with Crippen molar-refractivity contribution >= 4 is 23.8 Å². The van der Waals surface area contributed by atoms with E-state index in [2.05, 4.69) is 6.58 Å². The Kier molecular flexibility index (Phi) is 5.82. The maximum absolute atomic E-state index is 14.2. The summed E-state index contributed by atoms with van der Waals surface area (Å²) in [6.45, 7) is 9.51. The van der Waals surface area contributed by atoms with Gasteiger partial charge in [-0.15, -0.1) is 0 Å². The predicted molar refractivity (Wildman–Crippen MR) is 140 cm³/mol. The summed E-state index contributed by atoms with van der Waals surface area (Å²) in [5.41, 5.74) is -2.07. The summed E-state index contributed by atoms with van der Waals surface area (Å²) < 4.78 is 18.1. The minimum Gasteiger partial charge on any atom is -0.462 e. The van der Waals surface area contributed by atoms with Crippen LogP contribution in [0.1, 0.15) is 52.0 Å². The highest BCUT2D eigenvalue weighted by molar-refractivity contribution is 6.05. The van der Waals surface area contributed by atoms with Gasteiger partial charge >= 0.3 is 11.9 Å². The average molecular weight is 537 g/mol. The zero-order chi connectivity index (χ0) is 28.0. The summed E-state index contributed by atoms with van der Waals surface area (Å²) in [5.74, 6) is -5.42. The van der Waals surface area contributed by atoms with Gasteiger partial charge in [-0.3, -0.25) is 9.59 Å². The molecule has 6 aliphatic rings. The van der Waals surface area contributed by atoms with Gasteiger partial charge in [-0.05, 0) is 54.2 Å². The number of aliphatic hydroxyl groups is 2. The topological polar surface area (TPSA) is 119 Å². The number of rotatable bonds is 4. The average Bonchev–Trinajstić information content (AvgIpc) is 3.00. The number of carbonyl (C=O) groups excluding carboxylic acids is 3. The molecule has 1 aromatic carbocycles. The van der Waals surface area contributed by atoms with Gasteiger partial charge < -0.3 is 24.4 Å². The van der Waals surface area contributed by atoms with Gasteiger partial charge in [0, 0.05) is 30.3 Å². The number of hydrogen-bond donors (Lipinski definition) is 2. The minimum atomic E-state index is -2.29. The van der Waals surface area contributed by atoms with Gasteiger partial charge in [0.05, 0.1) is 6.61 Å². The van der Waals surface area contributed by atoms with Crippen LogP contribution in [0.3, 0.4) is 0 Å². The molecule has 2 saturated heterocycles. The quantitative estimate of drug-likeness (QED) is 0.445. The van der Waals surface area contributed by atoms with E-state index < -0.39 is 75.8 Å². The second kappa shape index (κ2) is 8.59. The van der Waals surface area contributed by atoms with E-state index in [1.165, 1.54) is 13.0 Å². The molecule has 1 unspecified atom stereocenters. The van der Waals surface area contributed by atoms with Crippen molar-refractivity contribution in [1.82, 2.24) is 0 Å². The van der Waals surface area contributed by atoms with Crippen LogP contribution in [0.25, 0.3) is 6.08 Å². The first kappa shape index (κ1) is 26.4. The Hall–Kier alpha value is -2.81. The molecule has 208 valence electrons. The molecule has 2 spiro atoms. The summed E-state index contributed by atoms with van der Waals surface area (Å²) >= 11 is 0. The smallest absolute Gasteiger partial charge is 0.331 e. The summed E-state index contributed by atoms with van der Waals surface area (Å²) in [7, 11) is 0. The number of fused-ring (bicyclic) bond motifs is 2. The van der Waals surface area contributed by atoms with Gasteiger partial charge in [0.2, 0.25) is 5.79 Å². The lowest BCUT2D eigenvalue weighted by molar-refractivity contribution is -0.457. The van der Waals surface area contributed by atoms with E-state index in [0.29, 0.717) is 25.7 Å². The van der Waals surface area contributed by atoms with Crippen LogP contribution in [-0.4, -0.2) is 58.6 Å². The molecule has 8 heteroatoms. The number of esters is 2. The van der Waals surface area contributed by atoms with Crippen LogP contribution in [0.5, 0.6) is 0 Å². The van der Waals surface area contributed by atoms with E-state index in [1.54, 1.807) is 6.08 Å². The third-order valence-corrected chi connectivity index (χ3v) is 10.6. The van der Waals surface area contributed by atoms with E-state index in [4.69, 9.17) is 14.2 Å². The summed E-state index contributed by atoms with van der Waals surface area (Å²) in [5, 5.41) is 24.3. The molecule has 2 aliphatic heterocycles. The number of hydrogen-bond acceptors (Lipinski definition) is 8. The Morgan fingerprint density at radius 1 is 1.13 bits per heavy atom. The molecule has 6 fully saturated rings. The van der Waals surface area contributed by atoms with Gasteiger partial charge in [-0.25, -0.2) is 4.79 Å². The normalized spacial score (nSPS) is 43.6. The predicted octanol–water partition coefficient (Wildman–Crippen LogP) is 3.21. The fourth-order valence-electron chi connectivity index (χ4n) is 9.28. The first-order valence-electron chi connectivity index (χ1n) is 13.8. The minimum absolute atomic E-state index is 0.0258. The van der Waals surface area contributed by atoms with Gasteiger partial charge in [0.25, 0.3) is 0 Å². The number of ketones is 1. The van der Waals surface area contributed by atoms with Gasteiger partial charge in [0.1, 0.15) is 23.7 Å².